The lowest BCUT2D eigenvalue weighted by Gasteiger charge is -2.23. The Morgan fingerprint density at radius 2 is 1.70 bits per heavy atom. The van der Waals surface area contributed by atoms with Crippen molar-refractivity contribution in [2.45, 2.75) is 57.2 Å². The smallest absolute Gasteiger partial charge is 0.478 e. The number of benzene rings is 4. The van der Waals surface area contributed by atoms with Crippen molar-refractivity contribution < 1.29 is 75.7 Å². The molecule has 2 aliphatic rings. The third kappa shape index (κ3) is 12.8. The van der Waals surface area contributed by atoms with Gasteiger partial charge in [-0.1, -0.05) is 60.9 Å². The number of nitrogens with zero attached hydrogens (tertiary/aromatic N) is 2. The lowest BCUT2D eigenvalue weighted by molar-refractivity contribution is -0.0449. The van der Waals surface area contributed by atoms with Gasteiger partial charge in [0.1, 0.15) is 29.6 Å². The van der Waals surface area contributed by atoms with Crippen LogP contribution < -0.4 is 31.5 Å². The van der Waals surface area contributed by atoms with E-state index in [-0.39, 0.29) is 42.5 Å². The minimum Gasteiger partial charge on any atom is -0.478 e. The van der Waals surface area contributed by atoms with E-state index < -0.39 is 60.2 Å². The molecular weight excluding hydrogens is 961 g/mol. The van der Waals surface area contributed by atoms with Crippen molar-refractivity contribution in [1.29, 1.82) is 0 Å². The Labute approximate surface area is 393 Å². The number of hydrogen-bond acceptors (Lipinski definition) is 15. The number of carboxylic acids is 1. The number of carbonyl (C=O) groups excluding carboxylic acids is 1. The molecule has 3 heterocycles. The number of phosphoric acid groups is 3. The normalized spacial score (nSPS) is 18.6. The number of nitrogens with one attached hydrogen (secondary N) is 2. The van der Waals surface area contributed by atoms with E-state index in [1.807, 2.05) is 56.4 Å². The first-order chi connectivity index (χ1) is 32.6. The lowest BCUT2D eigenvalue weighted by atomic mass is 9.87. The molecule has 5 aromatic rings. The molecule has 0 bridgehead atoms. The number of aliphatic hydroxyl groups is 1. The van der Waals surface area contributed by atoms with E-state index in [0.717, 1.165) is 20.9 Å². The number of carbonyl (C=O) groups is 2. The maximum atomic E-state index is 13.6. The van der Waals surface area contributed by atoms with Gasteiger partial charge in [0.25, 0.3) is 0 Å². The number of anilines is 1. The summed E-state index contributed by atoms with van der Waals surface area (Å²) in [6.07, 6.45) is -2.34. The zero-order valence-electron chi connectivity index (χ0n) is 36.6. The second-order valence-electron chi connectivity index (χ2n) is 15.8. The highest BCUT2D eigenvalue weighted by molar-refractivity contribution is 7.66. The molecule has 24 heteroatoms. The highest BCUT2D eigenvalue weighted by atomic mass is 31.3. The first-order valence-electron chi connectivity index (χ1n) is 20.8. The highest BCUT2D eigenvalue weighted by Gasteiger charge is 2.43. The monoisotopic (exact) mass is 1010 g/mol. The zero-order chi connectivity index (χ0) is 49.8. The number of aliphatic hydroxyl groups excluding tert-OH is 1. The first-order valence-corrected chi connectivity index (χ1v) is 25.4. The molecule has 0 spiro atoms. The van der Waals surface area contributed by atoms with Gasteiger partial charge in [0.15, 0.2) is 5.78 Å². The van der Waals surface area contributed by atoms with E-state index in [1.165, 1.54) is 24.4 Å². The second kappa shape index (κ2) is 21.0. The topological polar surface area (TPSA) is 312 Å². The molecule has 1 fully saturated rings. The van der Waals surface area contributed by atoms with E-state index >= 15 is 0 Å². The van der Waals surface area contributed by atoms with Gasteiger partial charge in [-0.2, -0.15) is 13.6 Å². The predicted octanol–water partition coefficient (Wildman–Crippen LogP) is 4.60. The molecule has 0 saturated carbocycles. The summed E-state index contributed by atoms with van der Waals surface area (Å²) in [6, 6.07) is 24.2. The number of aromatic nitrogens is 2. The van der Waals surface area contributed by atoms with Crippen molar-refractivity contribution in [3.05, 3.63) is 151 Å². The first kappa shape index (κ1) is 51.0. The number of ether oxygens (including phenoxy) is 2. The standard InChI is InChI=1S/C45H45N4O17P3/c1-26-8-15-33-38(20-26)63-39-21-29(24-46-3)11-16-34(39)43(33)35-22-31(14-17-32(35)44(52)53)36(50)7-5-4-6-28-9-12-30(13-10-28)27(2)47-41-18-19-49(45(54)48-41)42-23-37(51)40(64-42)25-62-68(58,59)66-69(60,61)65-67(55,56)57/h8-22,27,37,40,42,46,51H,1,5,7,23-25H2,2-3H3,(H,52,53)(H,58,59)(H,60,61)(H,47,48,54)(H2,55,56,57)/t27?,37?,40-,42-/m1/s1. The molecule has 4 aromatic carbocycles. The zero-order valence-corrected chi connectivity index (χ0v) is 39.3. The van der Waals surface area contributed by atoms with Crippen LogP contribution in [0.3, 0.4) is 0 Å². The van der Waals surface area contributed by atoms with Gasteiger partial charge in [0.2, 0.25) is 0 Å². The van der Waals surface area contributed by atoms with Crippen LogP contribution in [0.5, 0.6) is 11.5 Å². The summed E-state index contributed by atoms with van der Waals surface area (Å²) in [5, 5.41) is 28.4. The number of phosphoric ester groups is 1. The van der Waals surface area contributed by atoms with Crippen LogP contribution in [-0.2, 0) is 38.1 Å². The quantitative estimate of drug-likeness (QED) is 0.0331. The number of rotatable bonds is 18. The Hall–Kier alpha value is -5.91. The van der Waals surface area contributed by atoms with Crippen molar-refractivity contribution in [3.63, 3.8) is 0 Å². The molecule has 4 unspecified atom stereocenters. The molecule has 1 aromatic heterocycles. The summed E-state index contributed by atoms with van der Waals surface area (Å²) >= 11 is 0. The Morgan fingerprint density at radius 3 is 2.39 bits per heavy atom. The Kier molecular flexibility index (Phi) is 15.5. The molecule has 2 aliphatic heterocycles. The van der Waals surface area contributed by atoms with Crippen LogP contribution in [0, 0.1) is 11.8 Å². The van der Waals surface area contributed by atoms with Crippen molar-refractivity contribution in [1.82, 2.24) is 14.9 Å². The van der Waals surface area contributed by atoms with Crippen LogP contribution in [0.4, 0.5) is 5.82 Å². The summed E-state index contributed by atoms with van der Waals surface area (Å²) in [5.41, 5.74) is 3.77. The summed E-state index contributed by atoms with van der Waals surface area (Å²) in [6.45, 7) is 5.55. The molecule has 0 amide bonds. The summed E-state index contributed by atoms with van der Waals surface area (Å²) in [5.74, 6) is 6.04. The molecule has 0 aliphatic carbocycles. The van der Waals surface area contributed by atoms with Crippen molar-refractivity contribution in [2.24, 2.45) is 0 Å². The molecule has 6 atom stereocenters. The van der Waals surface area contributed by atoms with Gasteiger partial charge in [0, 0.05) is 65.5 Å². The number of carboxylic acid groups (broad SMARTS) is 1. The SMILES string of the molecule is C=c1ccc2c(c1)Oc1cc(CNC)ccc1C=2c1cc(C(=O)CCC#Cc2ccc(C(C)Nc3ccn([C@H]4CC(O)[C@@H](COP(=O)(O)OP(=O)(O)OP(=O)(O)O)O4)c(=O)n3)cc2)ccc1C(=O)O. The molecule has 8 N–H and O–H groups in total. The predicted molar refractivity (Wildman–Crippen MR) is 247 cm³/mol. The number of Topliss-reactive ketones (excluding diaryl/α,β-unsaturated/α-hetero) is 1. The van der Waals surface area contributed by atoms with Crippen LogP contribution in [0.1, 0.15) is 87.0 Å². The fraction of sp³-hybridized carbons (Fsp3) is 0.244. The molecular formula is C45H45N4O17P3. The van der Waals surface area contributed by atoms with Gasteiger partial charge in [-0.3, -0.25) is 13.9 Å². The van der Waals surface area contributed by atoms with Gasteiger partial charge in [-0.25, -0.2) is 23.3 Å². The summed E-state index contributed by atoms with van der Waals surface area (Å²) in [4.78, 5) is 79.6. The highest BCUT2D eigenvalue weighted by Crippen LogP contribution is 2.66. The Morgan fingerprint density at radius 1 is 0.942 bits per heavy atom. The second-order valence-corrected chi connectivity index (χ2v) is 20.2. The van der Waals surface area contributed by atoms with Gasteiger partial charge >= 0.3 is 35.1 Å². The number of ketones is 1. The molecule has 21 nitrogen and oxygen atoms in total. The van der Waals surface area contributed by atoms with Crippen LogP contribution in [0.2, 0.25) is 0 Å². The average molecular weight is 1010 g/mol. The van der Waals surface area contributed by atoms with Gasteiger partial charge in [-0.15, -0.1) is 0 Å². The third-order valence-electron chi connectivity index (χ3n) is 10.7. The van der Waals surface area contributed by atoms with E-state index in [0.29, 0.717) is 51.1 Å². The molecule has 69 heavy (non-hydrogen) atoms. The third-order valence-corrected chi connectivity index (χ3v) is 14.5. The lowest BCUT2D eigenvalue weighted by Crippen LogP contribution is -2.28. The van der Waals surface area contributed by atoms with Crippen LogP contribution in [0.15, 0.2) is 95.9 Å². The summed E-state index contributed by atoms with van der Waals surface area (Å²) < 4.78 is 59.3. The van der Waals surface area contributed by atoms with Crippen LogP contribution >= 0.6 is 23.5 Å². The number of aromatic carboxylic acids is 1. The number of fused-ring (bicyclic) bond motifs is 2. The average Bonchev–Trinajstić information content (AvgIpc) is 3.64. The van der Waals surface area contributed by atoms with Gasteiger partial charge < -0.3 is 49.9 Å². The fourth-order valence-corrected chi connectivity index (χ4v) is 10.6. The molecule has 1 saturated heterocycles. The van der Waals surface area contributed by atoms with E-state index in [9.17, 15) is 48.1 Å². The van der Waals surface area contributed by atoms with E-state index in [1.54, 1.807) is 24.3 Å². The van der Waals surface area contributed by atoms with E-state index in [2.05, 4.69) is 47.2 Å². The molecule has 7 rings (SSSR count). The maximum absolute atomic E-state index is 13.6. The Bertz CT molecular complexity index is 3200. The fourth-order valence-electron chi connectivity index (χ4n) is 7.56. The van der Waals surface area contributed by atoms with Crippen molar-refractivity contribution >= 4 is 53.2 Å². The minimum atomic E-state index is -5.75. The number of hydrogen-bond donors (Lipinski definition) is 8. The van der Waals surface area contributed by atoms with Gasteiger partial charge in [-0.05, 0) is 78.3 Å². The molecule has 0 radical (unpaired) electrons. The Balaban J connectivity index is 0.954. The van der Waals surface area contributed by atoms with Crippen LogP contribution in [-0.4, -0.2) is 77.0 Å². The minimum absolute atomic E-state index is 0.0329. The van der Waals surface area contributed by atoms with Crippen LogP contribution in [0.25, 0.3) is 12.2 Å². The summed E-state index contributed by atoms with van der Waals surface area (Å²) in [7, 11) is -15.0. The largest absolute Gasteiger partial charge is 0.490 e. The van der Waals surface area contributed by atoms with Gasteiger partial charge in [0.05, 0.1) is 18.3 Å². The maximum Gasteiger partial charge on any atom is 0.490 e. The molecule has 362 valence electrons. The van der Waals surface area contributed by atoms with E-state index in [4.69, 9.17) is 19.3 Å². The van der Waals surface area contributed by atoms with Crippen molar-refractivity contribution in [3.8, 4) is 23.3 Å². The van der Waals surface area contributed by atoms with Crippen molar-refractivity contribution in [2.75, 3.05) is 19.0 Å².